The molecule has 0 unspecified atom stereocenters. The molecule has 6 nitrogen and oxygen atoms in total. The van der Waals surface area contributed by atoms with Gasteiger partial charge in [0.1, 0.15) is 11.5 Å². The Labute approximate surface area is 170 Å². The minimum atomic E-state index is -2.86. The molecule has 5 rings (SSSR count). The molecule has 0 atom stereocenters. The summed E-state index contributed by atoms with van der Waals surface area (Å²) in [7, 11) is 1.75. The van der Waals surface area contributed by atoms with Crippen molar-refractivity contribution in [2.24, 2.45) is 7.05 Å². The van der Waals surface area contributed by atoms with Crippen molar-refractivity contribution in [1.29, 1.82) is 0 Å². The van der Waals surface area contributed by atoms with Crippen molar-refractivity contribution in [2.75, 3.05) is 5.32 Å². The van der Waals surface area contributed by atoms with Crippen LogP contribution in [0, 0.1) is 12.7 Å². The molecule has 1 aliphatic heterocycles. The van der Waals surface area contributed by atoms with Gasteiger partial charge in [-0.25, -0.2) is 13.2 Å². The first kappa shape index (κ1) is 18.7. The lowest BCUT2D eigenvalue weighted by atomic mass is 9.92. The van der Waals surface area contributed by atoms with E-state index >= 15 is 4.39 Å². The summed E-state index contributed by atoms with van der Waals surface area (Å²) in [5, 5.41) is 16.2. The van der Waals surface area contributed by atoms with Crippen molar-refractivity contribution in [3.8, 4) is 16.8 Å². The van der Waals surface area contributed by atoms with Crippen LogP contribution in [0.1, 0.15) is 37.5 Å². The van der Waals surface area contributed by atoms with Crippen LogP contribution in [0.15, 0.2) is 30.5 Å². The summed E-state index contributed by atoms with van der Waals surface area (Å²) in [6.07, 6.45) is -1.30. The number of halogens is 3. The largest absolute Gasteiger partial charge is 0.371 e. The number of fused-ring (bicyclic) bond motifs is 4. The van der Waals surface area contributed by atoms with Crippen LogP contribution in [0.25, 0.3) is 27.7 Å². The molecule has 0 bridgehead atoms. The van der Waals surface area contributed by atoms with E-state index in [9.17, 15) is 8.78 Å². The van der Waals surface area contributed by atoms with Gasteiger partial charge in [-0.15, -0.1) is 10.2 Å². The summed E-state index contributed by atoms with van der Waals surface area (Å²) in [6.45, 7) is 5.41. The van der Waals surface area contributed by atoms with E-state index in [0.29, 0.717) is 22.6 Å². The first-order chi connectivity index (χ1) is 14.2. The fourth-order valence-corrected chi connectivity index (χ4v) is 4.24. The van der Waals surface area contributed by atoms with Crippen molar-refractivity contribution in [2.45, 2.75) is 32.7 Å². The summed E-state index contributed by atoms with van der Waals surface area (Å²) >= 11 is 0. The quantitative estimate of drug-likeness (QED) is 0.511. The van der Waals surface area contributed by atoms with Crippen LogP contribution >= 0.6 is 0 Å². The average molecular weight is 412 g/mol. The van der Waals surface area contributed by atoms with Crippen molar-refractivity contribution in [3.63, 3.8) is 0 Å². The predicted molar refractivity (Wildman–Crippen MR) is 107 cm³/mol. The molecular formula is C21H19F3N6. The Bertz CT molecular complexity index is 1320. The van der Waals surface area contributed by atoms with E-state index in [1.54, 1.807) is 41.5 Å². The number of benzene rings is 2. The molecule has 0 aliphatic carbocycles. The Morgan fingerprint density at radius 2 is 1.93 bits per heavy atom. The van der Waals surface area contributed by atoms with Gasteiger partial charge in [0.2, 0.25) is 0 Å². The Morgan fingerprint density at radius 1 is 1.17 bits per heavy atom. The van der Waals surface area contributed by atoms with Gasteiger partial charge in [0, 0.05) is 23.6 Å². The van der Waals surface area contributed by atoms with E-state index in [1.807, 2.05) is 19.9 Å². The summed E-state index contributed by atoms with van der Waals surface area (Å²) in [5.74, 6) is 0.253. The third-order valence-corrected chi connectivity index (χ3v) is 5.62. The summed E-state index contributed by atoms with van der Waals surface area (Å²) in [4.78, 5) is 0. The van der Waals surface area contributed by atoms with Crippen LogP contribution < -0.4 is 5.32 Å². The van der Waals surface area contributed by atoms with E-state index in [1.165, 1.54) is 6.07 Å². The van der Waals surface area contributed by atoms with Gasteiger partial charge in [-0.2, -0.15) is 5.10 Å². The van der Waals surface area contributed by atoms with Crippen LogP contribution in [0.2, 0.25) is 0 Å². The molecule has 0 amide bonds. The number of nitrogens with zero attached hydrogens (tertiary/aromatic N) is 5. The lowest BCUT2D eigenvalue weighted by Gasteiger charge is -2.35. The molecule has 0 saturated carbocycles. The minimum absolute atomic E-state index is 0.136. The molecule has 4 aromatic rings. The molecule has 0 fully saturated rings. The highest BCUT2D eigenvalue weighted by Gasteiger charge is 2.38. The highest BCUT2D eigenvalue weighted by molar-refractivity contribution is 5.97. The number of aryl methyl sites for hydroxylation is 2. The third-order valence-electron chi connectivity index (χ3n) is 5.62. The number of nitrogens with one attached hydrogen (secondary N) is 1. The molecule has 0 radical (unpaired) electrons. The molecule has 2 aromatic heterocycles. The second-order valence-corrected chi connectivity index (χ2v) is 8.01. The maximum absolute atomic E-state index is 16.1. The lowest BCUT2D eigenvalue weighted by molar-refractivity contribution is 0.151. The molecule has 30 heavy (non-hydrogen) atoms. The Hall–Kier alpha value is -3.36. The molecular weight excluding hydrogens is 393 g/mol. The molecule has 0 saturated heterocycles. The molecule has 1 N–H and O–H groups in total. The number of hydrogen-bond acceptors (Lipinski definition) is 4. The number of aromatic nitrogens is 5. The normalized spacial score (nSPS) is 14.7. The van der Waals surface area contributed by atoms with Gasteiger partial charge >= 0.3 is 0 Å². The standard InChI is InChI=1S/C21H19F3N6/c1-10-27-28-20-21(2,3)26-14-8-12(19(23)24)16(17(22)18(14)30(10)20)11-6-5-7-15-13(11)9-25-29(15)4/h5-9,19,26H,1-4H3. The predicted octanol–water partition coefficient (Wildman–Crippen LogP) is 4.87. The molecule has 2 aromatic carbocycles. The molecule has 3 heterocycles. The van der Waals surface area contributed by atoms with Gasteiger partial charge in [-0.1, -0.05) is 12.1 Å². The number of rotatable bonds is 2. The smallest absolute Gasteiger partial charge is 0.264 e. The molecule has 9 heteroatoms. The van der Waals surface area contributed by atoms with E-state index in [0.717, 1.165) is 5.52 Å². The second-order valence-electron chi connectivity index (χ2n) is 8.01. The van der Waals surface area contributed by atoms with Crippen molar-refractivity contribution < 1.29 is 13.2 Å². The average Bonchev–Trinajstić information content (AvgIpc) is 3.25. The topological polar surface area (TPSA) is 60.6 Å². The van der Waals surface area contributed by atoms with Gasteiger partial charge in [-0.05, 0) is 38.5 Å². The zero-order valence-corrected chi connectivity index (χ0v) is 16.8. The number of alkyl halides is 2. The zero-order valence-electron chi connectivity index (χ0n) is 16.8. The van der Waals surface area contributed by atoms with Crippen molar-refractivity contribution >= 4 is 16.6 Å². The fraction of sp³-hybridized carbons (Fsp3) is 0.286. The summed E-state index contributed by atoms with van der Waals surface area (Å²) in [5.41, 5.74) is 0.310. The van der Waals surface area contributed by atoms with Crippen molar-refractivity contribution in [3.05, 3.63) is 53.5 Å². The van der Waals surface area contributed by atoms with Gasteiger partial charge in [0.25, 0.3) is 6.43 Å². The first-order valence-electron chi connectivity index (χ1n) is 9.47. The SMILES string of the molecule is Cc1nnc2n1-c1c(cc(C(F)F)c(-c3cccc4c3cnn4C)c1F)NC2(C)C. The zero-order chi connectivity index (χ0) is 21.4. The van der Waals surface area contributed by atoms with Gasteiger partial charge < -0.3 is 5.32 Å². The van der Waals surface area contributed by atoms with E-state index < -0.39 is 17.8 Å². The van der Waals surface area contributed by atoms with E-state index in [-0.39, 0.29) is 22.5 Å². The Morgan fingerprint density at radius 3 is 2.67 bits per heavy atom. The second kappa shape index (κ2) is 6.07. The van der Waals surface area contributed by atoms with Gasteiger partial charge in [0.15, 0.2) is 11.6 Å². The van der Waals surface area contributed by atoms with E-state index in [2.05, 4.69) is 20.6 Å². The van der Waals surface area contributed by atoms with Crippen LogP contribution in [0.5, 0.6) is 0 Å². The van der Waals surface area contributed by atoms with Crippen LogP contribution in [-0.4, -0.2) is 24.5 Å². The van der Waals surface area contributed by atoms with Crippen LogP contribution in [-0.2, 0) is 12.6 Å². The maximum Gasteiger partial charge on any atom is 0.264 e. The van der Waals surface area contributed by atoms with Gasteiger partial charge in [-0.3, -0.25) is 9.25 Å². The highest BCUT2D eigenvalue weighted by Crippen LogP contribution is 2.46. The Kier molecular flexibility index (Phi) is 3.77. The first-order valence-corrected chi connectivity index (χ1v) is 9.47. The highest BCUT2D eigenvalue weighted by atomic mass is 19.3. The van der Waals surface area contributed by atoms with Crippen molar-refractivity contribution in [1.82, 2.24) is 24.5 Å². The Balaban J connectivity index is 1.90. The number of anilines is 1. The third kappa shape index (κ3) is 2.41. The summed E-state index contributed by atoms with van der Waals surface area (Å²) < 4.78 is 47.6. The molecule has 0 spiro atoms. The van der Waals surface area contributed by atoms with Gasteiger partial charge in [0.05, 0.1) is 22.9 Å². The lowest BCUT2D eigenvalue weighted by Crippen LogP contribution is -2.36. The molecule has 154 valence electrons. The summed E-state index contributed by atoms with van der Waals surface area (Å²) in [6, 6.07) is 6.50. The monoisotopic (exact) mass is 412 g/mol. The number of hydrogen-bond donors (Lipinski definition) is 1. The molecule has 1 aliphatic rings. The van der Waals surface area contributed by atoms with E-state index in [4.69, 9.17) is 0 Å². The minimum Gasteiger partial charge on any atom is -0.371 e. The van der Waals surface area contributed by atoms with Crippen LogP contribution in [0.4, 0.5) is 18.9 Å². The fourth-order valence-electron chi connectivity index (χ4n) is 4.24. The maximum atomic E-state index is 16.1. The van der Waals surface area contributed by atoms with Crippen LogP contribution in [0.3, 0.4) is 0 Å².